The molecule has 11 nitrogen and oxygen atoms in total. The Kier molecular flexibility index (Phi) is 17.6. The molecule has 5 atom stereocenters. The normalized spacial score (nSPS) is 21.1. The van der Waals surface area contributed by atoms with Crippen molar-refractivity contribution < 1.29 is 44.1 Å². The van der Waals surface area contributed by atoms with E-state index in [1.165, 1.54) is 55.3 Å². The summed E-state index contributed by atoms with van der Waals surface area (Å²) in [4.78, 5) is 28.7. The first-order valence-electron chi connectivity index (χ1n) is 28.1. The van der Waals surface area contributed by atoms with Crippen LogP contribution in [0, 0.1) is 6.92 Å². The number of benzene rings is 6. The molecule has 5 N–H and O–H groups in total. The highest BCUT2D eigenvalue weighted by atomic mass is 16.7. The summed E-state index contributed by atoms with van der Waals surface area (Å²) in [6, 6.07) is 39.3. The van der Waals surface area contributed by atoms with Crippen LogP contribution in [0.25, 0.3) is 32.7 Å². The van der Waals surface area contributed by atoms with Gasteiger partial charge in [0.1, 0.15) is 43.0 Å². The molecule has 0 saturated carbocycles. The van der Waals surface area contributed by atoms with E-state index in [1.807, 2.05) is 37.3 Å². The number of ketones is 1. The second kappa shape index (κ2) is 24.5. The number of rotatable bonds is 22. The lowest BCUT2D eigenvalue weighted by molar-refractivity contribution is -0.577. The van der Waals surface area contributed by atoms with Gasteiger partial charge in [0.15, 0.2) is 5.54 Å². The van der Waals surface area contributed by atoms with Gasteiger partial charge in [-0.05, 0) is 107 Å². The first-order valence-corrected chi connectivity index (χ1v) is 28.1. The van der Waals surface area contributed by atoms with Gasteiger partial charge in [0.2, 0.25) is 12.0 Å². The lowest BCUT2D eigenvalue weighted by Gasteiger charge is -2.39. The molecule has 9 rings (SSSR count). The van der Waals surface area contributed by atoms with Crippen LogP contribution in [-0.2, 0) is 20.5 Å². The molecule has 0 aliphatic carbocycles. The summed E-state index contributed by atoms with van der Waals surface area (Å²) in [5.74, 6) is 0.605. The molecule has 0 radical (unpaired) electrons. The number of carbonyl (C=O) groups is 2. The SMILES string of the molecule is Cc1cc(-c2cccc(C(=O)NCCCCCCCC(=O)CCCCCN3C(=CC=CC=CC4=[N+](C)C(C)(C)c5c4ccc4ccccc54)C(C)(C)c4ccc5ccccc5c43)c2)ccc1OC1OC(CO)C(O)C(O)C1O. The quantitative estimate of drug-likeness (QED) is 0.0254. The van der Waals surface area contributed by atoms with Crippen molar-refractivity contribution in [3.63, 3.8) is 0 Å². The van der Waals surface area contributed by atoms with Gasteiger partial charge in [-0.25, -0.2) is 4.58 Å². The minimum Gasteiger partial charge on any atom is -0.462 e. The fraction of sp³-hybridized carbons (Fsp3) is 0.388. The summed E-state index contributed by atoms with van der Waals surface area (Å²) in [6.07, 6.45) is 13.0. The first kappa shape index (κ1) is 56.0. The van der Waals surface area contributed by atoms with Gasteiger partial charge < -0.3 is 40.1 Å². The number of hydrogen-bond acceptors (Lipinski definition) is 9. The van der Waals surface area contributed by atoms with Crippen molar-refractivity contribution in [2.75, 3.05) is 31.6 Å². The fourth-order valence-electron chi connectivity index (χ4n) is 11.8. The maximum atomic E-state index is 13.1. The number of anilines is 1. The zero-order valence-electron chi connectivity index (χ0n) is 46.3. The molecule has 78 heavy (non-hydrogen) atoms. The highest BCUT2D eigenvalue weighted by molar-refractivity contribution is 6.11. The van der Waals surface area contributed by atoms with Crippen LogP contribution in [0.15, 0.2) is 151 Å². The summed E-state index contributed by atoms with van der Waals surface area (Å²) in [5.41, 5.74) is 10.5. The lowest BCUT2D eigenvalue weighted by atomic mass is 9.83. The highest BCUT2D eigenvalue weighted by Gasteiger charge is 2.46. The Hall–Kier alpha value is -6.73. The zero-order chi connectivity index (χ0) is 55.1. The molecule has 3 aliphatic rings. The topological polar surface area (TPSA) is 152 Å². The summed E-state index contributed by atoms with van der Waals surface area (Å²) in [5, 5.41) is 48.4. The van der Waals surface area contributed by atoms with Gasteiger partial charge in [-0.2, -0.15) is 0 Å². The van der Waals surface area contributed by atoms with E-state index >= 15 is 0 Å². The Balaban J connectivity index is 0.703. The third-order valence-electron chi connectivity index (χ3n) is 16.5. The van der Waals surface area contributed by atoms with Crippen molar-refractivity contribution in [3.8, 4) is 16.9 Å². The van der Waals surface area contributed by atoms with Crippen LogP contribution < -0.4 is 15.0 Å². The molecule has 6 aromatic rings. The molecule has 5 unspecified atom stereocenters. The molecule has 3 aliphatic heterocycles. The van der Waals surface area contributed by atoms with Crippen LogP contribution >= 0.6 is 0 Å². The summed E-state index contributed by atoms with van der Waals surface area (Å²) >= 11 is 0. The highest BCUT2D eigenvalue weighted by Crippen LogP contribution is 2.51. The van der Waals surface area contributed by atoms with Gasteiger partial charge in [0.05, 0.1) is 17.9 Å². The number of hydrogen-bond donors (Lipinski definition) is 5. The predicted octanol–water partition coefficient (Wildman–Crippen LogP) is 11.5. The number of nitrogens with zero attached hydrogens (tertiary/aromatic N) is 2. The maximum Gasteiger partial charge on any atom is 0.251 e. The Morgan fingerprint density at radius 1 is 0.718 bits per heavy atom. The van der Waals surface area contributed by atoms with Gasteiger partial charge >= 0.3 is 0 Å². The van der Waals surface area contributed by atoms with Crippen LogP contribution in [0.1, 0.15) is 125 Å². The van der Waals surface area contributed by atoms with Gasteiger partial charge in [-0.15, -0.1) is 0 Å². The van der Waals surface area contributed by atoms with Crippen molar-refractivity contribution >= 4 is 44.6 Å². The van der Waals surface area contributed by atoms with E-state index < -0.39 is 37.3 Å². The smallest absolute Gasteiger partial charge is 0.251 e. The molecule has 11 heteroatoms. The number of aryl methyl sites for hydroxylation is 1. The molecular weight excluding hydrogens is 975 g/mol. The van der Waals surface area contributed by atoms with E-state index in [0.717, 1.165) is 74.6 Å². The van der Waals surface area contributed by atoms with Gasteiger partial charge in [-0.3, -0.25) is 9.59 Å². The van der Waals surface area contributed by atoms with Crippen molar-refractivity contribution in [1.29, 1.82) is 0 Å². The van der Waals surface area contributed by atoms with E-state index in [0.29, 0.717) is 36.5 Å². The van der Waals surface area contributed by atoms with Crippen LogP contribution in [-0.4, -0.2) is 99.9 Å². The Bertz CT molecular complexity index is 3280. The number of unbranched alkanes of at least 4 members (excludes halogenated alkanes) is 6. The number of nitrogens with one attached hydrogen (secondary N) is 1. The average molecular weight is 1050 g/mol. The molecule has 1 saturated heterocycles. The number of carbonyl (C=O) groups excluding carboxylic acids is 2. The number of amides is 1. The molecular formula is C67H78N3O8+. The average Bonchev–Trinajstić information content (AvgIpc) is 4.04. The summed E-state index contributed by atoms with van der Waals surface area (Å²) in [7, 11) is 2.20. The second-order valence-corrected chi connectivity index (χ2v) is 22.5. The Morgan fingerprint density at radius 2 is 1.40 bits per heavy atom. The van der Waals surface area contributed by atoms with Crippen molar-refractivity contribution in [3.05, 3.63) is 179 Å². The molecule has 408 valence electrons. The summed E-state index contributed by atoms with van der Waals surface area (Å²) in [6.45, 7) is 12.0. The van der Waals surface area contributed by atoms with Gasteiger partial charge in [0.25, 0.3) is 5.91 Å². The monoisotopic (exact) mass is 1050 g/mol. The number of aliphatic hydroxyl groups excluding tert-OH is 4. The predicted molar refractivity (Wildman–Crippen MR) is 312 cm³/mol. The van der Waals surface area contributed by atoms with Gasteiger partial charge in [0, 0.05) is 73.5 Å². The molecule has 3 heterocycles. The van der Waals surface area contributed by atoms with Crippen molar-refractivity contribution in [1.82, 2.24) is 5.32 Å². The minimum absolute atomic E-state index is 0.129. The zero-order valence-corrected chi connectivity index (χ0v) is 46.3. The fourth-order valence-corrected chi connectivity index (χ4v) is 11.8. The Morgan fingerprint density at radius 3 is 2.15 bits per heavy atom. The molecule has 1 amide bonds. The molecule has 1 fully saturated rings. The standard InChI is InChI=1S/C67H77N3O8/c1-44-41-48(35-38-56(44)77-65-63(75)62(74)61(73)57(43-71)78-65)47-25-22-26-49(42-47)64(76)68-39-20-9-7-8-12-27-50(72)28-13-11-21-40-70-58(66(2,3)54-37-34-46-24-17-19-30-52(46)60(54)70)32-15-10-14-31-55-53-36-33-45-23-16-18-29-51(45)59(53)67(4,5)69(55)6/h10,14-19,22-26,29-38,41-42,57,61-63,65,71,73-75H,7-9,11-13,20-21,27-28,39-40,43H2,1-6H3/p+1. The van der Waals surface area contributed by atoms with Crippen LogP contribution in [0.3, 0.4) is 0 Å². The molecule has 0 spiro atoms. The van der Waals surface area contributed by atoms with Crippen LogP contribution in [0.5, 0.6) is 5.75 Å². The minimum atomic E-state index is -1.53. The second-order valence-electron chi connectivity index (χ2n) is 22.5. The van der Waals surface area contributed by atoms with E-state index in [1.54, 1.807) is 12.1 Å². The van der Waals surface area contributed by atoms with Crippen molar-refractivity contribution in [2.45, 2.75) is 140 Å². The van der Waals surface area contributed by atoms with Crippen molar-refractivity contribution in [2.24, 2.45) is 0 Å². The van der Waals surface area contributed by atoms with E-state index in [2.05, 4.69) is 153 Å². The third kappa shape index (κ3) is 11.8. The van der Waals surface area contributed by atoms with Crippen LogP contribution in [0.2, 0.25) is 0 Å². The molecule has 6 aromatic carbocycles. The third-order valence-corrected chi connectivity index (χ3v) is 16.5. The van der Waals surface area contributed by atoms with Crippen LogP contribution in [0.4, 0.5) is 5.69 Å². The lowest BCUT2D eigenvalue weighted by Crippen LogP contribution is -2.60. The van der Waals surface area contributed by atoms with E-state index in [4.69, 9.17) is 9.47 Å². The number of Topliss-reactive ketones (excluding diaryl/α,β-unsaturated/α-hetero) is 1. The Labute approximate surface area is 460 Å². The van der Waals surface area contributed by atoms with E-state index in [-0.39, 0.29) is 16.9 Å². The number of ether oxygens (including phenoxy) is 2. The largest absolute Gasteiger partial charge is 0.462 e. The molecule has 0 bridgehead atoms. The van der Waals surface area contributed by atoms with E-state index in [9.17, 15) is 30.0 Å². The molecule has 0 aromatic heterocycles. The maximum absolute atomic E-state index is 13.1. The van der Waals surface area contributed by atoms with Gasteiger partial charge in [-0.1, -0.05) is 143 Å². The number of allylic oxidation sites excluding steroid dienone is 6. The number of fused-ring (bicyclic) bond motifs is 6. The number of aliphatic hydroxyl groups is 4. The first-order chi connectivity index (χ1) is 37.6. The summed E-state index contributed by atoms with van der Waals surface area (Å²) < 4.78 is 13.8.